The summed E-state index contributed by atoms with van der Waals surface area (Å²) in [6.07, 6.45) is 1.56. The third kappa shape index (κ3) is 1.54. The van der Waals surface area contributed by atoms with Crippen LogP contribution >= 0.6 is 27.3 Å². The number of thiophene rings is 1. The van der Waals surface area contributed by atoms with Crippen LogP contribution in [0.25, 0.3) is 0 Å². The lowest BCUT2D eigenvalue weighted by atomic mass is 9.90. The molecule has 3 N–H and O–H groups in total. The Kier molecular flexibility index (Phi) is 2.50. The number of nitrogens with zero attached hydrogens (tertiary/aromatic N) is 2. The number of hydrogen-bond donors (Lipinski definition) is 2. The number of halogens is 1. The monoisotopic (exact) mass is 315 g/mol. The van der Waals surface area contributed by atoms with Gasteiger partial charge in [0.1, 0.15) is 5.54 Å². The summed E-state index contributed by atoms with van der Waals surface area (Å²) in [6, 6.07) is 2.04. The van der Waals surface area contributed by atoms with Gasteiger partial charge in [0.05, 0.1) is 0 Å². The second-order valence-corrected chi connectivity index (χ2v) is 6.51. The van der Waals surface area contributed by atoms with E-state index < -0.39 is 11.8 Å². The van der Waals surface area contributed by atoms with E-state index in [1.807, 2.05) is 11.4 Å². The van der Waals surface area contributed by atoms with Crippen LogP contribution < -0.4 is 5.73 Å². The molecular weight excluding hydrogens is 302 g/mol. The molecule has 6 heteroatoms. The van der Waals surface area contributed by atoms with Crippen LogP contribution in [0.2, 0.25) is 0 Å². The minimum atomic E-state index is -0.652. The topological polar surface area (TPSA) is 61.8 Å². The number of likely N-dealkylation sites (N-methyl/N-ethyl adjacent to an activating group) is 1. The maximum atomic E-state index is 10.5. The second kappa shape index (κ2) is 3.70. The number of rotatable bonds is 2. The molecular formula is C11H14BrN3OS. The van der Waals surface area contributed by atoms with Crippen molar-refractivity contribution in [1.82, 2.24) is 4.90 Å². The molecule has 2 heterocycles. The molecule has 2 atom stereocenters. The van der Waals surface area contributed by atoms with Crippen LogP contribution in [-0.2, 0) is 5.54 Å². The summed E-state index contributed by atoms with van der Waals surface area (Å²) in [5, 5.41) is 12.5. The molecule has 0 bridgehead atoms. The maximum absolute atomic E-state index is 10.5. The molecule has 92 valence electrons. The van der Waals surface area contributed by atoms with Crippen molar-refractivity contribution in [3.05, 3.63) is 20.8 Å². The summed E-state index contributed by atoms with van der Waals surface area (Å²) in [7, 11) is 1.79. The van der Waals surface area contributed by atoms with Gasteiger partial charge in [-0.2, -0.15) is 0 Å². The first-order valence-electron chi connectivity index (χ1n) is 5.56. The van der Waals surface area contributed by atoms with E-state index in [2.05, 4.69) is 20.9 Å². The van der Waals surface area contributed by atoms with E-state index >= 15 is 0 Å². The zero-order valence-corrected chi connectivity index (χ0v) is 11.8. The molecule has 0 amide bonds. The predicted molar refractivity (Wildman–Crippen MR) is 71.8 cm³/mol. The van der Waals surface area contributed by atoms with Gasteiger partial charge in [-0.1, -0.05) is 0 Å². The fourth-order valence-corrected chi connectivity index (χ4v) is 4.15. The minimum Gasteiger partial charge on any atom is -0.371 e. The number of aliphatic hydroxyl groups is 1. The molecule has 17 heavy (non-hydrogen) atoms. The molecule has 4 nitrogen and oxygen atoms in total. The fraction of sp³-hybridized carbons (Fsp3) is 0.545. The average Bonchev–Trinajstić information content (AvgIpc) is 3.02. The lowest BCUT2D eigenvalue weighted by Gasteiger charge is -2.31. The Labute approximate surface area is 112 Å². The molecule has 3 rings (SSSR count). The minimum absolute atomic E-state index is 0.409. The van der Waals surface area contributed by atoms with Crippen molar-refractivity contribution in [3.63, 3.8) is 0 Å². The fourth-order valence-electron chi connectivity index (χ4n) is 2.48. The van der Waals surface area contributed by atoms with Gasteiger partial charge in [0.25, 0.3) is 0 Å². The van der Waals surface area contributed by atoms with Gasteiger partial charge >= 0.3 is 0 Å². The number of hydrogen-bond acceptors (Lipinski definition) is 5. The second-order valence-electron chi connectivity index (χ2n) is 4.68. The molecule has 2 unspecified atom stereocenters. The highest BCUT2D eigenvalue weighted by atomic mass is 79.9. The Balaban J connectivity index is 2.11. The Morgan fingerprint density at radius 2 is 2.35 bits per heavy atom. The summed E-state index contributed by atoms with van der Waals surface area (Å²) in [5.41, 5.74) is 5.32. The summed E-state index contributed by atoms with van der Waals surface area (Å²) in [4.78, 5) is 7.34. The molecule has 1 aromatic heterocycles. The predicted octanol–water partition coefficient (Wildman–Crippen LogP) is 1.69. The molecule has 1 aliphatic heterocycles. The van der Waals surface area contributed by atoms with Gasteiger partial charge in [0, 0.05) is 21.8 Å². The van der Waals surface area contributed by atoms with Crippen molar-refractivity contribution in [2.24, 2.45) is 16.6 Å². The smallest absolute Gasteiger partial charge is 0.194 e. The Morgan fingerprint density at radius 3 is 2.76 bits per heavy atom. The highest BCUT2D eigenvalue weighted by Crippen LogP contribution is 2.54. The molecule has 0 aromatic carbocycles. The normalized spacial score (nSPS) is 33.0. The molecule has 0 radical (unpaired) electrons. The van der Waals surface area contributed by atoms with Gasteiger partial charge in [-0.15, -0.1) is 11.3 Å². The first-order valence-corrected chi connectivity index (χ1v) is 7.23. The molecule has 0 saturated heterocycles. The zero-order chi connectivity index (χ0) is 12.2. The first-order chi connectivity index (χ1) is 8.05. The third-order valence-corrected chi connectivity index (χ3v) is 5.41. The van der Waals surface area contributed by atoms with Crippen LogP contribution in [0.1, 0.15) is 17.7 Å². The van der Waals surface area contributed by atoms with Crippen LogP contribution in [0.3, 0.4) is 0 Å². The lowest BCUT2D eigenvalue weighted by molar-refractivity contribution is 0.00627. The Morgan fingerprint density at radius 1 is 1.65 bits per heavy atom. The number of aliphatic imine (C=N–C) groups is 1. The van der Waals surface area contributed by atoms with Crippen LogP contribution in [0.4, 0.5) is 0 Å². The van der Waals surface area contributed by atoms with Gasteiger partial charge in [0.15, 0.2) is 12.2 Å². The van der Waals surface area contributed by atoms with Gasteiger partial charge in [-0.3, -0.25) is 0 Å². The van der Waals surface area contributed by atoms with Crippen molar-refractivity contribution < 1.29 is 5.11 Å². The van der Waals surface area contributed by atoms with Crippen LogP contribution in [0.5, 0.6) is 0 Å². The number of guanidine groups is 1. The highest BCUT2D eigenvalue weighted by molar-refractivity contribution is 9.10. The van der Waals surface area contributed by atoms with E-state index in [9.17, 15) is 5.11 Å². The Hall–Kier alpha value is -0.590. The van der Waals surface area contributed by atoms with E-state index in [0.29, 0.717) is 11.9 Å². The molecule has 1 fully saturated rings. The summed E-state index contributed by atoms with van der Waals surface area (Å²) in [6.45, 7) is 0. The largest absolute Gasteiger partial charge is 0.371 e. The van der Waals surface area contributed by atoms with Crippen LogP contribution in [0, 0.1) is 5.92 Å². The van der Waals surface area contributed by atoms with Gasteiger partial charge in [-0.05, 0) is 40.8 Å². The summed E-state index contributed by atoms with van der Waals surface area (Å²) in [5.74, 6) is 0.834. The van der Waals surface area contributed by atoms with Crippen molar-refractivity contribution in [2.45, 2.75) is 24.6 Å². The van der Waals surface area contributed by atoms with E-state index in [4.69, 9.17) is 5.73 Å². The van der Waals surface area contributed by atoms with Gasteiger partial charge in [-0.25, -0.2) is 4.99 Å². The average molecular weight is 316 g/mol. The van der Waals surface area contributed by atoms with Crippen molar-refractivity contribution in [1.29, 1.82) is 0 Å². The maximum Gasteiger partial charge on any atom is 0.194 e. The third-order valence-electron chi connectivity index (χ3n) is 3.58. The van der Waals surface area contributed by atoms with E-state index in [0.717, 1.165) is 22.2 Å². The van der Waals surface area contributed by atoms with Crippen molar-refractivity contribution in [2.75, 3.05) is 7.05 Å². The number of aliphatic hydroxyl groups excluding tert-OH is 1. The molecule has 1 aromatic rings. The molecule has 0 spiro atoms. The highest BCUT2D eigenvalue weighted by Gasteiger charge is 2.57. The van der Waals surface area contributed by atoms with Crippen LogP contribution in [0.15, 0.2) is 20.9 Å². The standard InChI is InChI=1S/C11H14BrN3OS/c1-15-9(16)11(6-2-3-6,14-10(15)13)8-4-7(12)5-17-8/h4-6,9,16H,2-3H2,1H3,(H2,13,14). The quantitative estimate of drug-likeness (QED) is 0.873. The zero-order valence-electron chi connectivity index (χ0n) is 9.43. The van der Waals surface area contributed by atoms with E-state index in [-0.39, 0.29) is 0 Å². The molecule has 1 aliphatic carbocycles. The lowest BCUT2D eigenvalue weighted by Crippen LogP contribution is -2.45. The first kappa shape index (κ1) is 11.5. The Bertz CT molecular complexity index is 485. The molecule has 2 aliphatic rings. The van der Waals surface area contributed by atoms with Crippen LogP contribution in [-0.4, -0.2) is 29.2 Å². The van der Waals surface area contributed by atoms with Crippen molar-refractivity contribution in [3.8, 4) is 0 Å². The summed E-state index contributed by atoms with van der Waals surface area (Å²) < 4.78 is 1.04. The van der Waals surface area contributed by atoms with E-state index in [1.54, 1.807) is 23.3 Å². The summed E-state index contributed by atoms with van der Waals surface area (Å²) >= 11 is 5.08. The molecule has 1 saturated carbocycles. The number of nitrogens with two attached hydrogens (primary N) is 1. The van der Waals surface area contributed by atoms with Gasteiger partial charge < -0.3 is 15.7 Å². The van der Waals surface area contributed by atoms with Gasteiger partial charge in [0.2, 0.25) is 0 Å². The van der Waals surface area contributed by atoms with Crippen molar-refractivity contribution >= 4 is 33.2 Å². The SMILES string of the molecule is CN1C(N)=NC(c2cc(Br)cs2)(C2CC2)C1O. The van der Waals surface area contributed by atoms with E-state index in [1.165, 1.54) is 0 Å².